The summed E-state index contributed by atoms with van der Waals surface area (Å²) in [5.74, 6) is 0.0914. The number of methoxy groups -OCH3 is 1. The Morgan fingerprint density at radius 2 is 2.00 bits per heavy atom. The molecule has 2 atom stereocenters. The van der Waals surface area contributed by atoms with E-state index in [0.29, 0.717) is 12.3 Å². The Morgan fingerprint density at radius 3 is 2.42 bits per heavy atom. The van der Waals surface area contributed by atoms with Crippen molar-refractivity contribution >= 4 is 40.8 Å². The zero-order valence-corrected chi connectivity index (χ0v) is 8.99. The van der Waals surface area contributed by atoms with Gasteiger partial charge in [0.15, 0.2) is 0 Å². The summed E-state index contributed by atoms with van der Waals surface area (Å²) in [4.78, 5) is 10.7. The van der Waals surface area contributed by atoms with Gasteiger partial charge < -0.3 is 4.74 Å². The van der Waals surface area contributed by atoms with Crippen LogP contribution < -0.4 is 0 Å². The molecular weight excluding hydrogens is 222 g/mol. The van der Waals surface area contributed by atoms with Gasteiger partial charge in [-0.1, -0.05) is 0 Å². The van der Waals surface area contributed by atoms with Crippen molar-refractivity contribution in [2.75, 3.05) is 13.0 Å². The molecule has 2 unspecified atom stereocenters. The number of alkyl halides is 3. The molecule has 0 aromatic heterocycles. The highest BCUT2D eigenvalue weighted by Gasteiger charge is 2.19. The second-order valence-corrected chi connectivity index (χ2v) is 3.79. The number of halogens is 3. The van der Waals surface area contributed by atoms with E-state index in [9.17, 15) is 4.79 Å². The van der Waals surface area contributed by atoms with Gasteiger partial charge in [-0.05, 0) is 6.42 Å². The zero-order chi connectivity index (χ0) is 9.56. The van der Waals surface area contributed by atoms with E-state index in [4.69, 9.17) is 34.8 Å². The van der Waals surface area contributed by atoms with E-state index in [0.717, 1.165) is 0 Å². The molecule has 12 heavy (non-hydrogen) atoms. The first-order valence-electron chi connectivity index (χ1n) is 3.52. The lowest BCUT2D eigenvalue weighted by atomic mass is 10.2. The van der Waals surface area contributed by atoms with E-state index in [2.05, 4.69) is 4.74 Å². The zero-order valence-electron chi connectivity index (χ0n) is 6.73. The molecule has 0 fully saturated rings. The highest BCUT2D eigenvalue weighted by molar-refractivity contribution is 6.31. The summed E-state index contributed by atoms with van der Waals surface area (Å²) >= 11 is 17.1. The van der Waals surface area contributed by atoms with Gasteiger partial charge in [-0.2, -0.15) is 0 Å². The first-order chi connectivity index (χ1) is 5.61. The summed E-state index contributed by atoms with van der Waals surface area (Å²) in [6, 6.07) is 0. The summed E-state index contributed by atoms with van der Waals surface area (Å²) in [6.45, 7) is 0. The third kappa shape index (κ3) is 5.07. The van der Waals surface area contributed by atoms with Gasteiger partial charge in [-0.15, -0.1) is 34.8 Å². The van der Waals surface area contributed by atoms with Gasteiger partial charge in [0.2, 0.25) is 0 Å². The lowest BCUT2D eigenvalue weighted by molar-refractivity contribution is -0.140. The standard InChI is InChI=1S/C7H11Cl3O2/c1-12-7(11)4-6(10)5(9)2-3-8/h5-6H,2-4H2,1H3. The normalized spacial score (nSPS) is 15.3. The average Bonchev–Trinajstić information content (AvgIpc) is 2.04. The van der Waals surface area contributed by atoms with Crippen LogP contribution in [0.3, 0.4) is 0 Å². The predicted molar refractivity (Wildman–Crippen MR) is 51.3 cm³/mol. The van der Waals surface area contributed by atoms with E-state index in [1.165, 1.54) is 7.11 Å². The Labute approximate surface area is 87.1 Å². The summed E-state index contributed by atoms with van der Waals surface area (Å²) < 4.78 is 4.43. The van der Waals surface area contributed by atoms with Gasteiger partial charge in [0, 0.05) is 5.88 Å². The Kier molecular flexibility index (Phi) is 7.01. The van der Waals surface area contributed by atoms with Crippen molar-refractivity contribution in [2.45, 2.75) is 23.6 Å². The molecular formula is C7H11Cl3O2. The fourth-order valence-electron chi connectivity index (χ4n) is 0.656. The highest BCUT2D eigenvalue weighted by atomic mass is 35.5. The topological polar surface area (TPSA) is 26.3 Å². The van der Waals surface area contributed by atoms with Crippen molar-refractivity contribution in [3.8, 4) is 0 Å². The third-order valence-corrected chi connectivity index (χ3v) is 2.69. The van der Waals surface area contributed by atoms with Crippen LogP contribution in [0.4, 0.5) is 0 Å². The number of esters is 1. The molecule has 0 radical (unpaired) electrons. The fraction of sp³-hybridized carbons (Fsp3) is 0.857. The van der Waals surface area contributed by atoms with Crippen LogP contribution in [-0.4, -0.2) is 29.7 Å². The van der Waals surface area contributed by atoms with Crippen molar-refractivity contribution in [1.29, 1.82) is 0 Å². The predicted octanol–water partition coefficient (Wildman–Crippen LogP) is 2.39. The lowest BCUT2D eigenvalue weighted by Crippen LogP contribution is -2.20. The first-order valence-corrected chi connectivity index (χ1v) is 4.93. The molecule has 0 aliphatic rings. The van der Waals surface area contributed by atoms with Crippen molar-refractivity contribution in [1.82, 2.24) is 0 Å². The maximum Gasteiger partial charge on any atom is 0.307 e. The van der Waals surface area contributed by atoms with Crippen LogP contribution in [0.15, 0.2) is 0 Å². The van der Waals surface area contributed by atoms with E-state index < -0.39 is 5.38 Å². The molecule has 0 aliphatic carbocycles. The van der Waals surface area contributed by atoms with E-state index in [-0.39, 0.29) is 17.8 Å². The minimum Gasteiger partial charge on any atom is -0.469 e. The monoisotopic (exact) mass is 232 g/mol. The fourth-order valence-corrected chi connectivity index (χ4v) is 1.45. The van der Waals surface area contributed by atoms with Crippen LogP contribution in [0, 0.1) is 0 Å². The van der Waals surface area contributed by atoms with Crippen LogP contribution in [0.25, 0.3) is 0 Å². The van der Waals surface area contributed by atoms with Gasteiger partial charge in [-0.25, -0.2) is 0 Å². The number of carbonyl (C=O) groups excluding carboxylic acids is 1. The van der Waals surface area contributed by atoms with E-state index in [1.54, 1.807) is 0 Å². The minimum absolute atomic E-state index is 0.128. The second-order valence-electron chi connectivity index (χ2n) is 2.29. The molecule has 0 aliphatic heterocycles. The maximum atomic E-state index is 10.7. The maximum absolute atomic E-state index is 10.7. The molecule has 0 saturated heterocycles. The highest BCUT2D eigenvalue weighted by Crippen LogP contribution is 2.17. The van der Waals surface area contributed by atoms with Gasteiger partial charge >= 0.3 is 5.97 Å². The van der Waals surface area contributed by atoms with Crippen LogP contribution >= 0.6 is 34.8 Å². The van der Waals surface area contributed by atoms with Crippen LogP contribution in [-0.2, 0) is 9.53 Å². The molecule has 0 N–H and O–H groups in total. The number of hydrogen-bond donors (Lipinski definition) is 0. The minimum atomic E-state index is -0.405. The van der Waals surface area contributed by atoms with Gasteiger partial charge in [0.05, 0.1) is 24.3 Å². The van der Waals surface area contributed by atoms with E-state index >= 15 is 0 Å². The van der Waals surface area contributed by atoms with E-state index in [1.807, 2.05) is 0 Å². The number of rotatable bonds is 5. The Balaban J connectivity index is 3.69. The second kappa shape index (κ2) is 6.81. The van der Waals surface area contributed by atoms with Gasteiger partial charge in [0.25, 0.3) is 0 Å². The molecule has 0 aromatic carbocycles. The Hall–Kier alpha value is 0.340. The summed E-state index contributed by atoms with van der Waals surface area (Å²) in [5.41, 5.74) is 0. The molecule has 5 heteroatoms. The Bertz CT molecular complexity index is 141. The smallest absolute Gasteiger partial charge is 0.307 e. The third-order valence-electron chi connectivity index (χ3n) is 1.37. The largest absolute Gasteiger partial charge is 0.469 e. The Morgan fingerprint density at radius 1 is 1.42 bits per heavy atom. The lowest BCUT2D eigenvalue weighted by Gasteiger charge is -2.12. The molecule has 72 valence electrons. The van der Waals surface area contributed by atoms with Crippen molar-refractivity contribution < 1.29 is 9.53 Å². The van der Waals surface area contributed by atoms with Crippen LogP contribution in [0.2, 0.25) is 0 Å². The number of carbonyl (C=O) groups is 1. The molecule has 0 heterocycles. The molecule has 0 rings (SSSR count). The summed E-state index contributed by atoms with van der Waals surface area (Å²) in [7, 11) is 1.32. The van der Waals surface area contributed by atoms with Gasteiger partial charge in [-0.3, -0.25) is 4.79 Å². The van der Waals surface area contributed by atoms with Crippen LogP contribution in [0.5, 0.6) is 0 Å². The number of ether oxygens (including phenoxy) is 1. The van der Waals surface area contributed by atoms with Crippen molar-refractivity contribution in [2.24, 2.45) is 0 Å². The molecule has 0 bridgehead atoms. The van der Waals surface area contributed by atoms with Crippen molar-refractivity contribution in [3.63, 3.8) is 0 Å². The SMILES string of the molecule is COC(=O)CC(Cl)C(Cl)CCCl. The van der Waals surface area contributed by atoms with Crippen molar-refractivity contribution in [3.05, 3.63) is 0 Å². The number of hydrogen-bond acceptors (Lipinski definition) is 2. The van der Waals surface area contributed by atoms with Crippen LogP contribution in [0.1, 0.15) is 12.8 Å². The molecule has 0 amide bonds. The average molecular weight is 234 g/mol. The quantitative estimate of drug-likeness (QED) is 0.538. The summed E-state index contributed by atoms with van der Waals surface area (Å²) in [6.07, 6.45) is 0.720. The molecule has 0 spiro atoms. The molecule has 0 saturated carbocycles. The molecule has 0 aromatic rings. The first kappa shape index (κ1) is 12.3. The summed E-state index contributed by atoms with van der Waals surface area (Å²) in [5, 5.41) is -0.680. The molecule has 2 nitrogen and oxygen atoms in total. The van der Waals surface area contributed by atoms with Gasteiger partial charge in [0.1, 0.15) is 0 Å².